The summed E-state index contributed by atoms with van der Waals surface area (Å²) in [4.78, 5) is 29.2. The van der Waals surface area contributed by atoms with E-state index in [9.17, 15) is 31.1 Å². The summed E-state index contributed by atoms with van der Waals surface area (Å²) in [6.45, 7) is 0.298. The number of hydrogen-bond donors (Lipinski definition) is 1. The fourth-order valence-electron chi connectivity index (χ4n) is 3.01. The molecule has 0 aliphatic rings. The highest BCUT2D eigenvalue weighted by atomic mass is 19.4. The van der Waals surface area contributed by atoms with Crippen molar-refractivity contribution >= 4 is 11.9 Å². The lowest BCUT2D eigenvalue weighted by atomic mass is 10.0. The second-order valence-electron chi connectivity index (χ2n) is 7.13. The van der Waals surface area contributed by atoms with Crippen LogP contribution in [-0.4, -0.2) is 56.3 Å². The highest BCUT2D eigenvalue weighted by molar-refractivity contribution is 6.00. The van der Waals surface area contributed by atoms with E-state index >= 15 is 0 Å². The largest absolute Gasteiger partial charge is 0.419 e. The van der Waals surface area contributed by atoms with Gasteiger partial charge in [0.2, 0.25) is 5.95 Å². The number of carbonyl (C=O) groups excluding carboxylic acids is 1. The maximum Gasteiger partial charge on any atom is 0.419 e. The van der Waals surface area contributed by atoms with Gasteiger partial charge in [0.15, 0.2) is 5.82 Å². The minimum atomic E-state index is -4.61. The molecule has 0 saturated carbocycles. The zero-order valence-corrected chi connectivity index (χ0v) is 17.6. The Morgan fingerprint density at radius 1 is 1.09 bits per heavy atom. The number of nitrogens with zero attached hydrogens (tertiary/aromatic N) is 5. The molecule has 0 aliphatic carbocycles. The van der Waals surface area contributed by atoms with Crippen LogP contribution in [-0.2, 0) is 6.18 Å². The summed E-state index contributed by atoms with van der Waals surface area (Å²) in [6, 6.07) is 3.91. The maximum absolute atomic E-state index is 14.0. The Kier molecular flexibility index (Phi) is 7.64. The standard InChI is InChI=1S/C21H18F6N6O/c1-12(8-30-20-31-9-13(10-32-20)21(25,26)27)33(11-17(23)24)19(34)16-7-14(22)3-4-15(16)18-28-5-2-6-29-18/h2-7,9-10,12,17H,8,11H2,1H3,(H,30,31,32). The Hall–Kier alpha value is -3.77. The van der Waals surface area contributed by atoms with Gasteiger partial charge in [-0.1, -0.05) is 0 Å². The van der Waals surface area contributed by atoms with Gasteiger partial charge in [0.25, 0.3) is 12.3 Å². The number of anilines is 1. The highest BCUT2D eigenvalue weighted by Crippen LogP contribution is 2.28. The molecule has 3 rings (SSSR count). The van der Waals surface area contributed by atoms with E-state index in [0.29, 0.717) is 12.4 Å². The van der Waals surface area contributed by atoms with Crippen LogP contribution < -0.4 is 5.32 Å². The van der Waals surface area contributed by atoms with Crippen LogP contribution in [0.3, 0.4) is 0 Å². The third-order valence-electron chi connectivity index (χ3n) is 4.68. The molecule has 1 N–H and O–H groups in total. The van der Waals surface area contributed by atoms with Crippen molar-refractivity contribution in [3.8, 4) is 11.4 Å². The zero-order chi connectivity index (χ0) is 24.9. The van der Waals surface area contributed by atoms with E-state index < -0.39 is 42.5 Å². The molecule has 0 aliphatic heterocycles. The molecule has 2 heterocycles. The Morgan fingerprint density at radius 2 is 1.74 bits per heavy atom. The first-order valence-corrected chi connectivity index (χ1v) is 9.85. The number of alkyl halides is 5. The number of rotatable bonds is 8. The molecule has 0 spiro atoms. The first-order chi connectivity index (χ1) is 16.1. The topological polar surface area (TPSA) is 83.9 Å². The lowest BCUT2D eigenvalue weighted by Gasteiger charge is -2.30. The summed E-state index contributed by atoms with van der Waals surface area (Å²) in [5, 5.41) is 2.61. The molecule has 0 saturated heterocycles. The van der Waals surface area contributed by atoms with Crippen LogP contribution in [0.1, 0.15) is 22.8 Å². The first-order valence-electron chi connectivity index (χ1n) is 9.85. The number of nitrogens with one attached hydrogen (secondary N) is 1. The normalized spacial score (nSPS) is 12.5. The quantitative estimate of drug-likeness (QED) is 0.480. The molecule has 34 heavy (non-hydrogen) atoms. The van der Waals surface area contributed by atoms with Crippen molar-refractivity contribution in [3.63, 3.8) is 0 Å². The van der Waals surface area contributed by atoms with Gasteiger partial charge in [0, 0.05) is 42.9 Å². The average molecular weight is 484 g/mol. The summed E-state index contributed by atoms with van der Waals surface area (Å²) < 4.78 is 78.5. The molecular formula is C21H18F6N6O. The Balaban J connectivity index is 1.83. The molecule has 1 unspecified atom stereocenters. The summed E-state index contributed by atoms with van der Waals surface area (Å²) in [5.41, 5.74) is -1.12. The van der Waals surface area contributed by atoms with Crippen molar-refractivity contribution in [2.45, 2.75) is 25.6 Å². The number of halogens is 6. The first kappa shape index (κ1) is 24.9. The van der Waals surface area contributed by atoms with Crippen molar-refractivity contribution in [2.75, 3.05) is 18.4 Å². The molecule has 3 aromatic rings. The van der Waals surface area contributed by atoms with Crippen molar-refractivity contribution in [2.24, 2.45) is 0 Å². The molecule has 2 aromatic heterocycles. The summed E-state index contributed by atoms with van der Waals surface area (Å²) >= 11 is 0. The highest BCUT2D eigenvalue weighted by Gasteiger charge is 2.31. The van der Waals surface area contributed by atoms with Crippen LogP contribution in [0.5, 0.6) is 0 Å². The summed E-state index contributed by atoms with van der Waals surface area (Å²) in [5.74, 6) is -1.74. The number of amides is 1. The molecular weight excluding hydrogens is 466 g/mol. The van der Waals surface area contributed by atoms with E-state index in [0.717, 1.165) is 17.0 Å². The van der Waals surface area contributed by atoms with E-state index in [1.807, 2.05) is 0 Å². The second-order valence-corrected chi connectivity index (χ2v) is 7.13. The predicted molar refractivity (Wildman–Crippen MR) is 109 cm³/mol. The van der Waals surface area contributed by atoms with Gasteiger partial charge >= 0.3 is 6.18 Å². The third kappa shape index (κ3) is 6.17. The molecule has 0 radical (unpaired) electrons. The third-order valence-corrected chi connectivity index (χ3v) is 4.68. The van der Waals surface area contributed by atoms with E-state index in [1.165, 1.54) is 31.5 Å². The Morgan fingerprint density at radius 3 is 2.32 bits per heavy atom. The molecule has 180 valence electrons. The smallest absolute Gasteiger partial charge is 0.352 e. The van der Waals surface area contributed by atoms with Gasteiger partial charge in [-0.25, -0.2) is 33.1 Å². The average Bonchev–Trinajstić information content (AvgIpc) is 2.80. The maximum atomic E-state index is 14.0. The molecule has 1 aromatic carbocycles. The Bertz CT molecular complexity index is 1110. The minimum Gasteiger partial charge on any atom is -0.352 e. The Labute approximate surface area is 189 Å². The number of hydrogen-bond acceptors (Lipinski definition) is 6. The van der Waals surface area contributed by atoms with Gasteiger partial charge in [-0.05, 0) is 31.2 Å². The fraction of sp³-hybridized carbons (Fsp3) is 0.286. The van der Waals surface area contributed by atoms with Crippen LogP contribution in [0.4, 0.5) is 32.3 Å². The summed E-state index contributed by atoms with van der Waals surface area (Å²) in [7, 11) is 0. The van der Waals surface area contributed by atoms with Crippen molar-refractivity contribution in [3.05, 3.63) is 66.0 Å². The van der Waals surface area contributed by atoms with Crippen molar-refractivity contribution in [1.82, 2.24) is 24.8 Å². The van der Waals surface area contributed by atoms with E-state index in [4.69, 9.17) is 0 Å². The number of carbonyl (C=O) groups is 1. The second kappa shape index (κ2) is 10.4. The fourth-order valence-corrected chi connectivity index (χ4v) is 3.01. The number of benzene rings is 1. The van der Waals surface area contributed by atoms with Gasteiger partial charge in [-0.2, -0.15) is 13.2 Å². The van der Waals surface area contributed by atoms with E-state index in [2.05, 4.69) is 25.3 Å². The minimum absolute atomic E-state index is 0.103. The van der Waals surface area contributed by atoms with Crippen molar-refractivity contribution < 1.29 is 31.1 Å². The zero-order valence-electron chi connectivity index (χ0n) is 17.6. The molecule has 1 atom stereocenters. The SMILES string of the molecule is CC(CNc1ncc(C(F)(F)F)cn1)N(CC(F)F)C(=O)c1cc(F)ccc1-c1ncccn1. The van der Waals surface area contributed by atoms with Crippen LogP contribution in [0, 0.1) is 5.82 Å². The molecule has 0 bridgehead atoms. The van der Waals surface area contributed by atoms with Crippen LogP contribution in [0.25, 0.3) is 11.4 Å². The molecule has 0 fully saturated rings. The molecule has 1 amide bonds. The van der Waals surface area contributed by atoms with E-state index in [1.54, 1.807) is 0 Å². The lowest BCUT2D eigenvalue weighted by molar-refractivity contribution is -0.138. The van der Waals surface area contributed by atoms with Gasteiger partial charge in [0.1, 0.15) is 5.82 Å². The van der Waals surface area contributed by atoms with Gasteiger partial charge in [-0.15, -0.1) is 0 Å². The predicted octanol–water partition coefficient (Wildman–Crippen LogP) is 4.30. The van der Waals surface area contributed by atoms with E-state index in [-0.39, 0.29) is 29.4 Å². The lowest BCUT2D eigenvalue weighted by Crippen LogP contribution is -2.45. The van der Waals surface area contributed by atoms with Crippen LogP contribution in [0.15, 0.2) is 49.1 Å². The van der Waals surface area contributed by atoms with Crippen LogP contribution in [0.2, 0.25) is 0 Å². The van der Waals surface area contributed by atoms with Crippen LogP contribution >= 0.6 is 0 Å². The molecule has 7 nitrogen and oxygen atoms in total. The van der Waals surface area contributed by atoms with Gasteiger partial charge in [0.05, 0.1) is 17.7 Å². The van der Waals surface area contributed by atoms with Gasteiger partial charge < -0.3 is 10.2 Å². The van der Waals surface area contributed by atoms with Crippen molar-refractivity contribution in [1.29, 1.82) is 0 Å². The van der Waals surface area contributed by atoms with Gasteiger partial charge in [-0.3, -0.25) is 4.79 Å². The summed E-state index contributed by atoms with van der Waals surface area (Å²) in [6.07, 6.45) is -3.56. The molecule has 13 heteroatoms. The monoisotopic (exact) mass is 484 g/mol. The number of aromatic nitrogens is 4.